The van der Waals surface area contributed by atoms with Gasteiger partial charge in [-0.2, -0.15) is 0 Å². The summed E-state index contributed by atoms with van der Waals surface area (Å²) >= 11 is 5.94. The molecule has 1 N–H and O–H groups in total. The number of carbonyl (C=O) groups is 2. The summed E-state index contributed by atoms with van der Waals surface area (Å²) in [6.07, 6.45) is 1.36. The Morgan fingerprint density at radius 3 is 2.68 bits per heavy atom. The van der Waals surface area contributed by atoms with Crippen LogP contribution < -0.4 is 5.32 Å². The third-order valence-electron chi connectivity index (χ3n) is 4.09. The minimum Gasteiger partial charge on any atom is -0.451 e. The van der Waals surface area contributed by atoms with E-state index in [-0.39, 0.29) is 17.7 Å². The molecule has 116 valence electrons. The molecule has 6 heteroatoms. The molecular formula is C16H17ClN2O3. The standard InChI is InChI=1S/C16H17ClN2O3/c1-18-15(20)10-4-6-19(7-5-10)16(21)14-9-11-8-12(17)2-3-13(11)22-14/h2-3,8-10H,4-7H2,1H3,(H,18,20). The number of rotatable bonds is 2. The average molecular weight is 321 g/mol. The zero-order valence-corrected chi connectivity index (χ0v) is 13.0. The smallest absolute Gasteiger partial charge is 0.289 e. The van der Waals surface area contributed by atoms with E-state index in [9.17, 15) is 9.59 Å². The van der Waals surface area contributed by atoms with E-state index < -0.39 is 0 Å². The molecule has 0 aliphatic carbocycles. The zero-order valence-electron chi connectivity index (χ0n) is 12.3. The van der Waals surface area contributed by atoms with E-state index in [1.165, 1.54) is 0 Å². The lowest BCUT2D eigenvalue weighted by Gasteiger charge is -2.30. The summed E-state index contributed by atoms with van der Waals surface area (Å²) < 4.78 is 5.60. The molecule has 1 fully saturated rings. The molecule has 0 radical (unpaired) electrons. The fourth-order valence-electron chi connectivity index (χ4n) is 2.82. The maximum Gasteiger partial charge on any atom is 0.289 e. The van der Waals surface area contributed by atoms with Crippen LogP contribution in [0.5, 0.6) is 0 Å². The monoisotopic (exact) mass is 320 g/mol. The lowest BCUT2D eigenvalue weighted by Crippen LogP contribution is -2.42. The van der Waals surface area contributed by atoms with Crippen LogP contribution in [0, 0.1) is 5.92 Å². The Morgan fingerprint density at radius 1 is 1.27 bits per heavy atom. The van der Waals surface area contributed by atoms with Crippen LogP contribution in [0.4, 0.5) is 0 Å². The van der Waals surface area contributed by atoms with Crippen molar-refractivity contribution >= 4 is 34.4 Å². The number of hydrogen-bond donors (Lipinski definition) is 1. The van der Waals surface area contributed by atoms with Crippen LogP contribution in [0.3, 0.4) is 0 Å². The number of piperidine rings is 1. The van der Waals surface area contributed by atoms with Crippen LogP contribution in [0.15, 0.2) is 28.7 Å². The molecule has 5 nitrogen and oxygen atoms in total. The molecule has 0 spiro atoms. The van der Waals surface area contributed by atoms with Crippen molar-refractivity contribution in [2.75, 3.05) is 20.1 Å². The van der Waals surface area contributed by atoms with Crippen LogP contribution in [0.1, 0.15) is 23.4 Å². The summed E-state index contributed by atoms with van der Waals surface area (Å²) in [5.74, 6) is 0.215. The largest absolute Gasteiger partial charge is 0.451 e. The molecule has 2 amide bonds. The van der Waals surface area contributed by atoms with Crippen molar-refractivity contribution in [1.82, 2.24) is 10.2 Å². The molecule has 22 heavy (non-hydrogen) atoms. The van der Waals surface area contributed by atoms with Gasteiger partial charge in [-0.1, -0.05) is 11.6 Å². The van der Waals surface area contributed by atoms with Crippen molar-refractivity contribution in [3.8, 4) is 0 Å². The first-order chi connectivity index (χ1) is 10.6. The van der Waals surface area contributed by atoms with Crippen molar-refractivity contribution in [2.45, 2.75) is 12.8 Å². The number of amides is 2. The topological polar surface area (TPSA) is 62.6 Å². The number of halogens is 1. The number of hydrogen-bond acceptors (Lipinski definition) is 3. The second-order valence-corrected chi connectivity index (χ2v) is 5.91. The van der Waals surface area contributed by atoms with Gasteiger partial charge in [0.1, 0.15) is 5.58 Å². The molecule has 0 atom stereocenters. The lowest BCUT2D eigenvalue weighted by molar-refractivity contribution is -0.125. The van der Waals surface area contributed by atoms with Gasteiger partial charge in [0.15, 0.2) is 5.76 Å². The van der Waals surface area contributed by atoms with E-state index in [1.54, 1.807) is 36.2 Å². The highest BCUT2D eigenvalue weighted by Gasteiger charge is 2.28. The second kappa shape index (κ2) is 6.01. The fourth-order valence-corrected chi connectivity index (χ4v) is 3.00. The molecule has 1 aromatic heterocycles. The first-order valence-electron chi connectivity index (χ1n) is 7.28. The first-order valence-corrected chi connectivity index (χ1v) is 7.66. The van der Waals surface area contributed by atoms with Crippen LogP contribution in [-0.4, -0.2) is 36.9 Å². The Bertz CT molecular complexity index is 717. The van der Waals surface area contributed by atoms with Crippen molar-refractivity contribution in [1.29, 1.82) is 0 Å². The Balaban J connectivity index is 1.72. The van der Waals surface area contributed by atoms with E-state index in [0.717, 1.165) is 5.39 Å². The quantitative estimate of drug-likeness (QED) is 0.925. The van der Waals surface area contributed by atoms with Gasteiger partial charge in [0.25, 0.3) is 5.91 Å². The number of likely N-dealkylation sites (tertiary alicyclic amines) is 1. The van der Waals surface area contributed by atoms with Gasteiger partial charge in [0, 0.05) is 36.5 Å². The summed E-state index contributed by atoms with van der Waals surface area (Å²) in [4.78, 5) is 25.9. The Kier molecular flexibility index (Phi) is 4.07. The van der Waals surface area contributed by atoms with Gasteiger partial charge in [0.2, 0.25) is 5.91 Å². The van der Waals surface area contributed by atoms with Gasteiger partial charge in [-0.05, 0) is 37.1 Å². The molecule has 1 aromatic carbocycles. The van der Waals surface area contributed by atoms with Gasteiger partial charge in [0.05, 0.1) is 0 Å². The minimum absolute atomic E-state index is 0.0106. The summed E-state index contributed by atoms with van der Waals surface area (Å²) in [6, 6.07) is 6.98. The van der Waals surface area contributed by atoms with Gasteiger partial charge in [-0.15, -0.1) is 0 Å². The number of carbonyl (C=O) groups excluding carboxylic acids is 2. The minimum atomic E-state index is -0.136. The number of benzene rings is 1. The molecule has 2 aromatic rings. The van der Waals surface area contributed by atoms with E-state index in [2.05, 4.69) is 5.32 Å². The maximum atomic E-state index is 12.5. The van der Waals surface area contributed by atoms with Gasteiger partial charge in [-0.3, -0.25) is 9.59 Å². The van der Waals surface area contributed by atoms with Crippen LogP contribution >= 0.6 is 11.6 Å². The molecule has 2 heterocycles. The molecule has 3 rings (SSSR count). The number of fused-ring (bicyclic) bond motifs is 1. The first kappa shape index (κ1) is 14.9. The molecule has 0 bridgehead atoms. The normalized spacial score (nSPS) is 16.0. The van der Waals surface area contributed by atoms with E-state index in [4.69, 9.17) is 16.0 Å². The van der Waals surface area contributed by atoms with E-state index in [1.807, 2.05) is 0 Å². The summed E-state index contributed by atoms with van der Waals surface area (Å²) in [7, 11) is 1.64. The summed E-state index contributed by atoms with van der Waals surface area (Å²) in [5.41, 5.74) is 0.646. The average Bonchev–Trinajstić information content (AvgIpc) is 2.96. The lowest BCUT2D eigenvalue weighted by atomic mass is 9.96. The molecule has 0 saturated carbocycles. The molecule has 1 saturated heterocycles. The van der Waals surface area contributed by atoms with Crippen LogP contribution in [0.25, 0.3) is 11.0 Å². The summed E-state index contributed by atoms with van der Waals surface area (Å²) in [6.45, 7) is 1.13. The number of nitrogens with zero attached hydrogens (tertiary/aromatic N) is 1. The molecule has 0 unspecified atom stereocenters. The number of nitrogens with one attached hydrogen (secondary N) is 1. The Hall–Kier alpha value is -2.01. The molecular weight excluding hydrogens is 304 g/mol. The molecule has 1 aliphatic rings. The third-order valence-corrected chi connectivity index (χ3v) is 4.32. The number of furan rings is 1. The summed E-state index contributed by atoms with van der Waals surface area (Å²) in [5, 5.41) is 4.09. The third kappa shape index (κ3) is 2.81. The fraction of sp³-hybridized carbons (Fsp3) is 0.375. The van der Waals surface area contributed by atoms with Crippen LogP contribution in [-0.2, 0) is 4.79 Å². The highest BCUT2D eigenvalue weighted by atomic mass is 35.5. The molecule has 1 aliphatic heterocycles. The Labute approximate surface area is 133 Å². The maximum absolute atomic E-state index is 12.5. The van der Waals surface area contributed by atoms with Crippen LogP contribution in [0.2, 0.25) is 5.02 Å². The van der Waals surface area contributed by atoms with Crippen molar-refractivity contribution in [3.05, 3.63) is 35.0 Å². The van der Waals surface area contributed by atoms with Crippen molar-refractivity contribution in [3.63, 3.8) is 0 Å². The van der Waals surface area contributed by atoms with Gasteiger partial charge < -0.3 is 14.6 Å². The van der Waals surface area contributed by atoms with Gasteiger partial charge in [-0.25, -0.2) is 0 Å². The highest BCUT2D eigenvalue weighted by molar-refractivity contribution is 6.31. The Morgan fingerprint density at radius 2 is 2.00 bits per heavy atom. The second-order valence-electron chi connectivity index (χ2n) is 5.47. The van der Waals surface area contributed by atoms with Crippen molar-refractivity contribution < 1.29 is 14.0 Å². The highest BCUT2D eigenvalue weighted by Crippen LogP contribution is 2.25. The van der Waals surface area contributed by atoms with Gasteiger partial charge >= 0.3 is 0 Å². The van der Waals surface area contributed by atoms with Crippen molar-refractivity contribution in [2.24, 2.45) is 5.92 Å². The SMILES string of the molecule is CNC(=O)C1CCN(C(=O)c2cc3cc(Cl)ccc3o2)CC1. The van der Waals surface area contributed by atoms with E-state index >= 15 is 0 Å². The predicted octanol–water partition coefficient (Wildman–Crippen LogP) is 2.68. The van der Waals surface area contributed by atoms with E-state index in [0.29, 0.717) is 42.3 Å². The zero-order chi connectivity index (χ0) is 15.7. The predicted molar refractivity (Wildman–Crippen MR) is 83.9 cm³/mol.